The Morgan fingerprint density at radius 1 is 1.21 bits per heavy atom. The minimum atomic E-state index is 0.747. The van der Waals surface area contributed by atoms with E-state index in [1.165, 1.54) is 10.5 Å². The molecule has 19 heavy (non-hydrogen) atoms. The summed E-state index contributed by atoms with van der Waals surface area (Å²) in [7, 11) is 1.71. The van der Waals surface area contributed by atoms with Crippen LogP contribution < -0.4 is 5.32 Å². The molecule has 3 nitrogen and oxygen atoms in total. The van der Waals surface area contributed by atoms with Crippen molar-refractivity contribution in [1.82, 2.24) is 5.32 Å². The average molecular weight is 277 g/mol. The maximum Gasteiger partial charge on any atom is 0.113 e. The molecule has 1 aromatic carbocycles. The molecule has 1 heterocycles. The van der Waals surface area contributed by atoms with Gasteiger partial charge in [0.2, 0.25) is 0 Å². The Morgan fingerprint density at radius 2 is 2.05 bits per heavy atom. The number of rotatable bonds is 8. The first-order chi connectivity index (χ1) is 9.38. The van der Waals surface area contributed by atoms with Crippen LogP contribution in [0.25, 0.3) is 0 Å². The van der Waals surface area contributed by atoms with E-state index in [4.69, 9.17) is 9.15 Å². The second-order valence-corrected chi connectivity index (χ2v) is 5.23. The van der Waals surface area contributed by atoms with Crippen LogP contribution >= 0.6 is 11.8 Å². The molecule has 0 amide bonds. The first-order valence-corrected chi connectivity index (χ1v) is 7.31. The largest absolute Gasteiger partial charge is 0.468 e. The number of furan rings is 1. The topological polar surface area (TPSA) is 34.4 Å². The van der Waals surface area contributed by atoms with Crippen molar-refractivity contribution in [2.24, 2.45) is 0 Å². The van der Waals surface area contributed by atoms with Crippen LogP contribution in [0.4, 0.5) is 0 Å². The van der Waals surface area contributed by atoms with E-state index in [1.807, 2.05) is 12.1 Å². The molecule has 0 fully saturated rings. The predicted octanol–water partition coefficient (Wildman–Crippen LogP) is 3.31. The van der Waals surface area contributed by atoms with Crippen LogP contribution in [-0.4, -0.2) is 20.3 Å². The van der Waals surface area contributed by atoms with Crippen LogP contribution in [0, 0.1) is 0 Å². The van der Waals surface area contributed by atoms with Crippen molar-refractivity contribution in [3.05, 3.63) is 54.0 Å². The second kappa shape index (κ2) is 8.04. The molecule has 0 radical (unpaired) electrons. The van der Waals surface area contributed by atoms with Gasteiger partial charge in [-0.25, -0.2) is 0 Å². The molecule has 0 unspecified atom stereocenters. The van der Waals surface area contributed by atoms with Crippen molar-refractivity contribution in [1.29, 1.82) is 0 Å². The number of ether oxygens (including phenoxy) is 1. The first kappa shape index (κ1) is 14.2. The number of methoxy groups -OCH3 is 1. The monoisotopic (exact) mass is 277 g/mol. The summed E-state index contributed by atoms with van der Waals surface area (Å²) < 4.78 is 10.3. The maximum absolute atomic E-state index is 5.31. The number of benzene rings is 1. The molecular weight excluding hydrogens is 258 g/mol. The highest BCUT2D eigenvalue weighted by molar-refractivity contribution is 7.98. The van der Waals surface area contributed by atoms with Gasteiger partial charge in [-0.15, -0.1) is 11.8 Å². The molecule has 0 saturated heterocycles. The SMILES string of the molecule is COCCNCc1ccc(SCc2ccco2)cc1. The maximum atomic E-state index is 5.31. The minimum Gasteiger partial charge on any atom is -0.468 e. The quantitative estimate of drug-likeness (QED) is 0.593. The van der Waals surface area contributed by atoms with E-state index in [0.29, 0.717) is 0 Å². The van der Waals surface area contributed by atoms with Crippen molar-refractivity contribution in [2.45, 2.75) is 17.2 Å². The Hall–Kier alpha value is -1.23. The number of nitrogens with one attached hydrogen (secondary N) is 1. The van der Waals surface area contributed by atoms with Gasteiger partial charge in [-0.3, -0.25) is 0 Å². The van der Waals surface area contributed by atoms with Gasteiger partial charge in [-0.2, -0.15) is 0 Å². The summed E-state index contributed by atoms with van der Waals surface area (Å²) in [5.41, 5.74) is 1.29. The van der Waals surface area contributed by atoms with E-state index in [2.05, 4.69) is 29.6 Å². The van der Waals surface area contributed by atoms with E-state index in [1.54, 1.807) is 25.1 Å². The normalized spacial score (nSPS) is 10.8. The molecule has 0 aliphatic heterocycles. The summed E-state index contributed by atoms with van der Waals surface area (Å²) in [6.45, 7) is 2.51. The van der Waals surface area contributed by atoms with Gasteiger partial charge in [0.15, 0.2) is 0 Å². The molecule has 102 valence electrons. The lowest BCUT2D eigenvalue weighted by Gasteiger charge is -2.05. The fourth-order valence-corrected chi connectivity index (χ4v) is 2.46. The van der Waals surface area contributed by atoms with E-state index >= 15 is 0 Å². The van der Waals surface area contributed by atoms with Gasteiger partial charge in [-0.1, -0.05) is 12.1 Å². The lowest BCUT2D eigenvalue weighted by atomic mass is 10.2. The van der Waals surface area contributed by atoms with Crippen LogP contribution in [0.1, 0.15) is 11.3 Å². The van der Waals surface area contributed by atoms with Gasteiger partial charge >= 0.3 is 0 Å². The molecule has 0 atom stereocenters. The fraction of sp³-hybridized carbons (Fsp3) is 0.333. The summed E-state index contributed by atoms with van der Waals surface area (Å²) in [6.07, 6.45) is 1.71. The molecule has 2 rings (SSSR count). The number of hydrogen-bond donors (Lipinski definition) is 1. The van der Waals surface area contributed by atoms with E-state index in [0.717, 1.165) is 31.2 Å². The van der Waals surface area contributed by atoms with Crippen LogP contribution in [0.5, 0.6) is 0 Å². The summed E-state index contributed by atoms with van der Waals surface area (Å²) in [4.78, 5) is 1.26. The molecule has 0 bridgehead atoms. The Kier molecular flexibility index (Phi) is 6.01. The fourth-order valence-electron chi connectivity index (χ4n) is 1.66. The molecule has 1 aromatic heterocycles. The van der Waals surface area contributed by atoms with Crippen molar-refractivity contribution in [3.8, 4) is 0 Å². The highest BCUT2D eigenvalue weighted by atomic mass is 32.2. The first-order valence-electron chi connectivity index (χ1n) is 6.32. The van der Waals surface area contributed by atoms with Gasteiger partial charge in [0.25, 0.3) is 0 Å². The van der Waals surface area contributed by atoms with Crippen molar-refractivity contribution in [2.75, 3.05) is 20.3 Å². The predicted molar refractivity (Wildman–Crippen MR) is 78.3 cm³/mol. The van der Waals surface area contributed by atoms with Gasteiger partial charge < -0.3 is 14.5 Å². The third-order valence-corrected chi connectivity index (χ3v) is 3.73. The highest BCUT2D eigenvalue weighted by Gasteiger charge is 1.99. The van der Waals surface area contributed by atoms with Crippen LogP contribution in [0.15, 0.2) is 52.0 Å². The summed E-state index contributed by atoms with van der Waals surface area (Å²) >= 11 is 1.78. The molecule has 1 N–H and O–H groups in total. The Balaban J connectivity index is 1.74. The Morgan fingerprint density at radius 3 is 2.74 bits per heavy atom. The van der Waals surface area contributed by atoms with Gasteiger partial charge in [0.1, 0.15) is 5.76 Å². The lowest BCUT2D eigenvalue weighted by molar-refractivity contribution is 0.199. The van der Waals surface area contributed by atoms with E-state index in [9.17, 15) is 0 Å². The van der Waals surface area contributed by atoms with Gasteiger partial charge in [0, 0.05) is 25.1 Å². The third kappa shape index (κ3) is 5.11. The van der Waals surface area contributed by atoms with E-state index < -0.39 is 0 Å². The molecule has 4 heteroatoms. The standard InChI is InChI=1S/C15H19NO2S/c1-17-10-8-16-11-13-4-6-15(7-5-13)19-12-14-3-2-9-18-14/h2-7,9,16H,8,10-12H2,1H3. The molecule has 0 aliphatic carbocycles. The highest BCUT2D eigenvalue weighted by Crippen LogP contribution is 2.23. The van der Waals surface area contributed by atoms with Gasteiger partial charge in [-0.05, 0) is 29.8 Å². The van der Waals surface area contributed by atoms with Crippen molar-refractivity contribution in [3.63, 3.8) is 0 Å². The zero-order valence-electron chi connectivity index (χ0n) is 11.1. The third-order valence-electron chi connectivity index (χ3n) is 2.70. The average Bonchev–Trinajstić information content (AvgIpc) is 2.96. The summed E-state index contributed by atoms with van der Waals surface area (Å²) in [6, 6.07) is 12.5. The van der Waals surface area contributed by atoms with Crippen molar-refractivity contribution >= 4 is 11.8 Å². The van der Waals surface area contributed by atoms with Crippen LogP contribution in [0.2, 0.25) is 0 Å². The van der Waals surface area contributed by atoms with Gasteiger partial charge in [0.05, 0.1) is 18.6 Å². The minimum absolute atomic E-state index is 0.747. The zero-order valence-corrected chi connectivity index (χ0v) is 11.9. The summed E-state index contributed by atoms with van der Waals surface area (Å²) in [5.74, 6) is 1.88. The van der Waals surface area contributed by atoms with Crippen molar-refractivity contribution < 1.29 is 9.15 Å². The number of thioether (sulfide) groups is 1. The molecular formula is C15H19NO2S. The zero-order chi connectivity index (χ0) is 13.3. The second-order valence-electron chi connectivity index (χ2n) is 4.18. The smallest absolute Gasteiger partial charge is 0.113 e. The molecule has 0 spiro atoms. The van der Waals surface area contributed by atoms with E-state index in [-0.39, 0.29) is 0 Å². The Labute approximate surface area is 118 Å². The lowest BCUT2D eigenvalue weighted by Crippen LogP contribution is -2.18. The Bertz CT molecular complexity index is 454. The summed E-state index contributed by atoms with van der Waals surface area (Å²) in [5, 5.41) is 3.33. The molecule has 2 aromatic rings. The number of hydrogen-bond acceptors (Lipinski definition) is 4. The molecule has 0 saturated carbocycles. The van der Waals surface area contributed by atoms with Crippen LogP contribution in [-0.2, 0) is 17.0 Å². The molecule has 0 aliphatic rings. The van der Waals surface area contributed by atoms with Crippen LogP contribution in [0.3, 0.4) is 0 Å².